The minimum atomic E-state index is 0.00112. The monoisotopic (exact) mass is 539 g/mol. The highest BCUT2D eigenvalue weighted by atomic mass is 16.5. The molecule has 1 aromatic heterocycles. The van der Waals surface area contributed by atoms with Crippen molar-refractivity contribution in [1.82, 2.24) is 10.3 Å². The van der Waals surface area contributed by atoms with E-state index in [9.17, 15) is 9.59 Å². The standard InChI is InChI=1S/C32H37N5O3/c1-20-18-35(19-21(2)33-20)28-17-27-25(16-29(28)40-4)13-15-36(27)32(39)24-9-7-23(8-10-24)26-11-12-30(34-22(26)3)37-14-5-6-31(37)38/h7-12,16-17,20-21,33H,5-6,13-15,18-19H2,1-4H3/t20-,21+. The lowest BCUT2D eigenvalue weighted by Crippen LogP contribution is -2.54. The van der Waals surface area contributed by atoms with Crippen molar-refractivity contribution in [2.24, 2.45) is 0 Å². The first-order valence-corrected chi connectivity index (χ1v) is 14.2. The number of aryl methyl sites for hydroxylation is 1. The van der Waals surface area contributed by atoms with Crippen molar-refractivity contribution in [2.75, 3.05) is 48.0 Å². The van der Waals surface area contributed by atoms with Crippen molar-refractivity contribution >= 4 is 29.0 Å². The van der Waals surface area contributed by atoms with E-state index >= 15 is 0 Å². The molecule has 2 saturated heterocycles. The predicted octanol–water partition coefficient (Wildman–Crippen LogP) is 4.58. The molecule has 2 aromatic carbocycles. The lowest BCUT2D eigenvalue weighted by atomic mass is 10.0. The Morgan fingerprint density at radius 2 is 1.73 bits per heavy atom. The van der Waals surface area contributed by atoms with Gasteiger partial charge in [-0.2, -0.15) is 0 Å². The summed E-state index contributed by atoms with van der Waals surface area (Å²) in [6, 6.07) is 16.7. The molecule has 0 saturated carbocycles. The number of carbonyl (C=O) groups is 2. The number of benzene rings is 2. The number of aromatic nitrogens is 1. The van der Waals surface area contributed by atoms with Crippen molar-refractivity contribution in [3.63, 3.8) is 0 Å². The van der Waals surface area contributed by atoms with Crippen LogP contribution in [-0.2, 0) is 11.2 Å². The first-order valence-electron chi connectivity index (χ1n) is 14.2. The summed E-state index contributed by atoms with van der Waals surface area (Å²) in [4.78, 5) is 36.6. The molecule has 8 nitrogen and oxygen atoms in total. The summed E-state index contributed by atoms with van der Waals surface area (Å²) >= 11 is 0. The second kappa shape index (κ2) is 10.6. The number of anilines is 3. The van der Waals surface area contributed by atoms with E-state index in [-0.39, 0.29) is 11.8 Å². The van der Waals surface area contributed by atoms with Gasteiger partial charge >= 0.3 is 0 Å². The molecular weight excluding hydrogens is 502 g/mol. The topological polar surface area (TPSA) is 78.0 Å². The second-order valence-electron chi connectivity index (χ2n) is 11.3. The Kier molecular flexibility index (Phi) is 6.96. The third-order valence-corrected chi connectivity index (χ3v) is 8.28. The molecule has 3 aliphatic rings. The van der Waals surface area contributed by atoms with Gasteiger partial charge in [0.1, 0.15) is 11.6 Å². The number of pyridine rings is 1. The molecule has 40 heavy (non-hydrogen) atoms. The molecule has 6 rings (SSSR count). The Morgan fingerprint density at radius 1 is 0.975 bits per heavy atom. The van der Waals surface area contributed by atoms with Crippen LogP contribution in [0.2, 0.25) is 0 Å². The second-order valence-corrected chi connectivity index (χ2v) is 11.3. The number of carbonyl (C=O) groups excluding carboxylic acids is 2. The Bertz CT molecular complexity index is 1440. The van der Waals surface area contributed by atoms with Gasteiger partial charge in [0, 0.05) is 67.2 Å². The summed E-state index contributed by atoms with van der Waals surface area (Å²) in [5.41, 5.74) is 6.66. The van der Waals surface area contributed by atoms with E-state index in [1.165, 1.54) is 0 Å². The van der Waals surface area contributed by atoms with E-state index in [0.29, 0.717) is 36.4 Å². The quantitative estimate of drug-likeness (QED) is 0.512. The number of nitrogens with zero attached hydrogens (tertiary/aromatic N) is 4. The largest absolute Gasteiger partial charge is 0.495 e. The van der Waals surface area contributed by atoms with Gasteiger partial charge in [0.05, 0.1) is 12.8 Å². The number of rotatable bonds is 5. The molecule has 2 fully saturated rings. The van der Waals surface area contributed by atoms with Crippen LogP contribution in [0.15, 0.2) is 48.5 Å². The highest BCUT2D eigenvalue weighted by molar-refractivity contribution is 6.08. The maximum atomic E-state index is 13.7. The van der Waals surface area contributed by atoms with Crippen molar-refractivity contribution in [3.05, 3.63) is 65.4 Å². The normalized spacial score (nSPS) is 20.7. The summed E-state index contributed by atoms with van der Waals surface area (Å²) in [6.45, 7) is 9.51. The molecule has 1 N–H and O–H groups in total. The summed E-state index contributed by atoms with van der Waals surface area (Å²) in [7, 11) is 1.72. The Morgan fingerprint density at radius 3 is 2.38 bits per heavy atom. The van der Waals surface area contributed by atoms with Crippen LogP contribution in [0.1, 0.15) is 48.3 Å². The fourth-order valence-corrected chi connectivity index (χ4v) is 6.39. The molecule has 3 aliphatic heterocycles. The van der Waals surface area contributed by atoms with Gasteiger partial charge in [-0.05, 0) is 81.1 Å². The van der Waals surface area contributed by atoms with Crippen LogP contribution in [0.25, 0.3) is 11.1 Å². The number of amides is 2. The zero-order valence-corrected chi connectivity index (χ0v) is 23.7. The van der Waals surface area contributed by atoms with Crippen molar-refractivity contribution in [3.8, 4) is 16.9 Å². The molecule has 8 heteroatoms. The van der Waals surface area contributed by atoms with Crippen LogP contribution in [0.3, 0.4) is 0 Å². The molecule has 4 heterocycles. The van der Waals surface area contributed by atoms with E-state index < -0.39 is 0 Å². The summed E-state index contributed by atoms with van der Waals surface area (Å²) in [6.07, 6.45) is 2.27. The third kappa shape index (κ3) is 4.81. The molecule has 0 aliphatic carbocycles. The number of hydrogen-bond donors (Lipinski definition) is 1. The molecule has 208 valence electrons. The Hall–Kier alpha value is -3.91. The highest BCUT2D eigenvalue weighted by Crippen LogP contribution is 2.40. The molecule has 0 unspecified atom stereocenters. The SMILES string of the molecule is COc1cc2c(cc1N1C[C@@H](C)N[C@@H](C)C1)N(C(=O)c1ccc(-c3ccc(N4CCCC4=O)nc3C)cc1)CC2. The predicted molar refractivity (Wildman–Crippen MR) is 159 cm³/mol. The van der Waals surface area contributed by atoms with Crippen molar-refractivity contribution in [1.29, 1.82) is 0 Å². The smallest absolute Gasteiger partial charge is 0.258 e. The summed E-state index contributed by atoms with van der Waals surface area (Å²) < 4.78 is 5.79. The van der Waals surface area contributed by atoms with E-state index in [1.54, 1.807) is 12.0 Å². The van der Waals surface area contributed by atoms with Crippen LogP contribution in [0.4, 0.5) is 17.2 Å². The highest BCUT2D eigenvalue weighted by Gasteiger charge is 2.30. The maximum absolute atomic E-state index is 13.7. The maximum Gasteiger partial charge on any atom is 0.258 e. The molecule has 0 radical (unpaired) electrons. The van der Waals surface area contributed by atoms with Gasteiger partial charge in [0.25, 0.3) is 5.91 Å². The van der Waals surface area contributed by atoms with Crippen LogP contribution in [0.5, 0.6) is 5.75 Å². The van der Waals surface area contributed by atoms with Gasteiger partial charge in [-0.3, -0.25) is 14.5 Å². The minimum Gasteiger partial charge on any atom is -0.495 e. The van der Waals surface area contributed by atoms with Crippen molar-refractivity contribution in [2.45, 2.75) is 52.1 Å². The fraction of sp³-hybridized carbons (Fsp3) is 0.406. The molecule has 3 aromatic rings. The third-order valence-electron chi connectivity index (χ3n) is 8.28. The van der Waals surface area contributed by atoms with Gasteiger partial charge in [-0.25, -0.2) is 4.98 Å². The first kappa shape index (κ1) is 26.3. The Labute approximate surface area is 235 Å². The van der Waals surface area contributed by atoms with Crippen LogP contribution in [-0.4, -0.2) is 62.2 Å². The lowest BCUT2D eigenvalue weighted by Gasteiger charge is -2.38. The molecule has 0 spiro atoms. The minimum absolute atomic E-state index is 0.00112. The van der Waals surface area contributed by atoms with E-state index in [1.807, 2.05) is 48.2 Å². The number of methoxy groups -OCH3 is 1. The average Bonchev–Trinajstić information content (AvgIpc) is 3.57. The van der Waals surface area contributed by atoms with Gasteiger partial charge in [0.15, 0.2) is 0 Å². The molecule has 2 atom stereocenters. The van der Waals surface area contributed by atoms with Crippen LogP contribution >= 0.6 is 0 Å². The zero-order valence-electron chi connectivity index (χ0n) is 23.7. The number of ether oxygens (including phenoxy) is 1. The zero-order chi connectivity index (χ0) is 28.0. The van der Waals surface area contributed by atoms with E-state index in [4.69, 9.17) is 9.72 Å². The number of nitrogens with one attached hydrogen (secondary N) is 1. The van der Waals surface area contributed by atoms with Crippen molar-refractivity contribution < 1.29 is 14.3 Å². The van der Waals surface area contributed by atoms with Gasteiger partial charge in [-0.15, -0.1) is 0 Å². The van der Waals surface area contributed by atoms with E-state index in [0.717, 1.165) is 72.0 Å². The number of piperazine rings is 1. The van der Waals surface area contributed by atoms with E-state index in [2.05, 4.69) is 36.2 Å². The molecule has 2 amide bonds. The summed E-state index contributed by atoms with van der Waals surface area (Å²) in [5, 5.41) is 3.59. The Balaban J connectivity index is 1.24. The van der Waals surface area contributed by atoms with Gasteiger partial charge in [0.2, 0.25) is 5.91 Å². The molecular formula is C32H37N5O3. The fourth-order valence-electron chi connectivity index (χ4n) is 6.39. The lowest BCUT2D eigenvalue weighted by molar-refractivity contribution is -0.117. The summed E-state index contributed by atoms with van der Waals surface area (Å²) in [5.74, 6) is 1.71. The molecule has 0 bridgehead atoms. The number of hydrogen-bond acceptors (Lipinski definition) is 6. The van der Waals surface area contributed by atoms with Crippen LogP contribution < -0.4 is 24.8 Å². The van der Waals surface area contributed by atoms with Crippen LogP contribution in [0, 0.1) is 6.92 Å². The first-order chi connectivity index (χ1) is 19.3. The van der Waals surface area contributed by atoms with Gasteiger partial charge in [-0.1, -0.05) is 12.1 Å². The average molecular weight is 540 g/mol. The van der Waals surface area contributed by atoms with Gasteiger partial charge < -0.3 is 19.9 Å². The number of fused-ring (bicyclic) bond motifs is 1.